The third-order valence-corrected chi connectivity index (χ3v) is 3.54. The second-order valence-electron chi connectivity index (χ2n) is 4.97. The smallest absolute Gasteiger partial charge is 0.123 e. The van der Waals surface area contributed by atoms with E-state index < -0.39 is 0 Å². The van der Waals surface area contributed by atoms with Crippen LogP contribution in [0.2, 0.25) is 0 Å². The molecule has 0 spiro atoms. The fraction of sp³-hybridized carbons (Fsp3) is 0.176. The van der Waals surface area contributed by atoms with E-state index >= 15 is 0 Å². The van der Waals surface area contributed by atoms with Crippen molar-refractivity contribution in [3.05, 3.63) is 71.7 Å². The van der Waals surface area contributed by atoms with Gasteiger partial charge in [0.1, 0.15) is 5.82 Å². The third kappa shape index (κ3) is 2.45. The van der Waals surface area contributed by atoms with Crippen molar-refractivity contribution in [1.82, 2.24) is 4.57 Å². The van der Waals surface area contributed by atoms with Gasteiger partial charge in [-0.05, 0) is 42.3 Å². The van der Waals surface area contributed by atoms with E-state index in [0.717, 1.165) is 29.4 Å². The van der Waals surface area contributed by atoms with Crippen LogP contribution in [0.5, 0.6) is 0 Å². The predicted octanol–water partition coefficient (Wildman–Crippen LogP) is 3.33. The van der Waals surface area contributed by atoms with Crippen LogP contribution in [-0.4, -0.2) is 11.1 Å². The van der Waals surface area contributed by atoms with Crippen molar-refractivity contribution < 1.29 is 4.39 Å². The van der Waals surface area contributed by atoms with Gasteiger partial charge in [0.25, 0.3) is 0 Å². The molecule has 0 aliphatic carbocycles. The van der Waals surface area contributed by atoms with Crippen molar-refractivity contribution in [2.24, 2.45) is 5.73 Å². The number of fused-ring (bicyclic) bond motifs is 1. The van der Waals surface area contributed by atoms with E-state index in [1.165, 1.54) is 11.6 Å². The fourth-order valence-electron chi connectivity index (χ4n) is 2.61. The molecule has 0 saturated heterocycles. The number of nitrogens with two attached hydrogens (primary N) is 1. The summed E-state index contributed by atoms with van der Waals surface area (Å²) < 4.78 is 15.6. The van der Waals surface area contributed by atoms with Gasteiger partial charge in [-0.15, -0.1) is 0 Å². The molecule has 2 N–H and O–H groups in total. The van der Waals surface area contributed by atoms with Crippen LogP contribution in [0.3, 0.4) is 0 Å². The van der Waals surface area contributed by atoms with Crippen molar-refractivity contribution in [1.29, 1.82) is 0 Å². The quantitative estimate of drug-likeness (QED) is 0.773. The largest absolute Gasteiger partial charge is 0.343 e. The second-order valence-corrected chi connectivity index (χ2v) is 4.97. The summed E-state index contributed by atoms with van der Waals surface area (Å²) in [4.78, 5) is 0. The SMILES string of the molecule is NCCc1cn(Cc2ccccc2)c2ccc(F)cc12. The number of hydrogen-bond acceptors (Lipinski definition) is 1. The fourth-order valence-corrected chi connectivity index (χ4v) is 2.61. The summed E-state index contributed by atoms with van der Waals surface area (Å²) in [5.74, 6) is -0.201. The number of aromatic nitrogens is 1. The molecule has 0 atom stereocenters. The highest BCUT2D eigenvalue weighted by Crippen LogP contribution is 2.24. The van der Waals surface area contributed by atoms with Gasteiger partial charge >= 0.3 is 0 Å². The average Bonchev–Trinajstić information content (AvgIpc) is 2.78. The second kappa shape index (κ2) is 5.47. The van der Waals surface area contributed by atoms with Crippen molar-refractivity contribution >= 4 is 10.9 Å². The minimum atomic E-state index is -0.201. The number of halogens is 1. The van der Waals surface area contributed by atoms with E-state index in [2.05, 4.69) is 22.9 Å². The number of hydrogen-bond donors (Lipinski definition) is 1. The van der Waals surface area contributed by atoms with Gasteiger partial charge in [0, 0.05) is 23.6 Å². The Morgan fingerprint density at radius 1 is 1.05 bits per heavy atom. The summed E-state index contributed by atoms with van der Waals surface area (Å²) in [5, 5.41) is 0.964. The lowest BCUT2D eigenvalue weighted by Crippen LogP contribution is -2.02. The maximum atomic E-state index is 13.5. The Labute approximate surface area is 117 Å². The zero-order valence-electron chi connectivity index (χ0n) is 11.2. The Kier molecular flexibility index (Phi) is 3.52. The first kappa shape index (κ1) is 12.9. The van der Waals surface area contributed by atoms with Gasteiger partial charge in [-0.1, -0.05) is 30.3 Å². The highest BCUT2D eigenvalue weighted by Gasteiger charge is 2.09. The summed E-state index contributed by atoms with van der Waals surface area (Å²) >= 11 is 0. The number of benzene rings is 2. The van der Waals surface area contributed by atoms with Crippen LogP contribution in [0.15, 0.2) is 54.7 Å². The van der Waals surface area contributed by atoms with E-state index in [0.29, 0.717) is 6.54 Å². The van der Waals surface area contributed by atoms with Crippen molar-refractivity contribution in [3.63, 3.8) is 0 Å². The molecule has 0 unspecified atom stereocenters. The number of nitrogens with zero attached hydrogens (tertiary/aromatic N) is 1. The van der Waals surface area contributed by atoms with Crippen LogP contribution in [-0.2, 0) is 13.0 Å². The lowest BCUT2D eigenvalue weighted by atomic mass is 10.1. The molecular formula is C17H17FN2. The van der Waals surface area contributed by atoms with E-state index in [1.807, 2.05) is 24.3 Å². The van der Waals surface area contributed by atoms with Crippen LogP contribution in [0.4, 0.5) is 4.39 Å². The molecule has 2 aromatic carbocycles. The molecule has 20 heavy (non-hydrogen) atoms. The summed E-state index contributed by atoms with van der Waals surface area (Å²) in [6, 6.07) is 15.2. The molecule has 1 heterocycles. The van der Waals surface area contributed by atoms with E-state index in [9.17, 15) is 4.39 Å². The van der Waals surface area contributed by atoms with Crippen molar-refractivity contribution in [3.8, 4) is 0 Å². The molecule has 0 aliphatic rings. The molecular weight excluding hydrogens is 251 g/mol. The normalized spacial score (nSPS) is 11.1. The van der Waals surface area contributed by atoms with Crippen LogP contribution in [0, 0.1) is 5.82 Å². The molecule has 3 rings (SSSR count). The van der Waals surface area contributed by atoms with E-state index in [4.69, 9.17) is 5.73 Å². The first-order chi connectivity index (χ1) is 9.78. The Morgan fingerprint density at radius 2 is 1.85 bits per heavy atom. The lowest BCUT2D eigenvalue weighted by molar-refractivity contribution is 0.629. The standard InChI is InChI=1S/C17H17FN2/c18-15-6-7-17-16(10-15)14(8-9-19)12-20(17)11-13-4-2-1-3-5-13/h1-7,10,12H,8-9,11,19H2. The molecule has 2 nitrogen and oxygen atoms in total. The van der Waals surface area contributed by atoms with Gasteiger partial charge in [0.05, 0.1) is 0 Å². The summed E-state index contributed by atoms with van der Waals surface area (Å²) in [6.07, 6.45) is 2.85. The van der Waals surface area contributed by atoms with Crippen LogP contribution in [0.25, 0.3) is 10.9 Å². The summed E-state index contributed by atoms with van der Waals surface area (Å²) in [6.45, 7) is 1.36. The molecule has 102 valence electrons. The molecule has 0 saturated carbocycles. The van der Waals surface area contributed by atoms with Crippen LogP contribution < -0.4 is 5.73 Å². The predicted molar refractivity (Wildman–Crippen MR) is 80.2 cm³/mol. The van der Waals surface area contributed by atoms with Gasteiger partial charge in [-0.25, -0.2) is 4.39 Å². The minimum Gasteiger partial charge on any atom is -0.343 e. The third-order valence-electron chi connectivity index (χ3n) is 3.54. The number of rotatable bonds is 4. The van der Waals surface area contributed by atoms with E-state index in [-0.39, 0.29) is 5.82 Å². The molecule has 3 aromatic rings. The van der Waals surface area contributed by atoms with Gasteiger partial charge < -0.3 is 10.3 Å². The van der Waals surface area contributed by atoms with Gasteiger partial charge in [-0.2, -0.15) is 0 Å². The van der Waals surface area contributed by atoms with Crippen LogP contribution in [0.1, 0.15) is 11.1 Å². The monoisotopic (exact) mass is 268 g/mol. The van der Waals surface area contributed by atoms with Crippen molar-refractivity contribution in [2.75, 3.05) is 6.54 Å². The maximum absolute atomic E-state index is 13.5. The molecule has 0 radical (unpaired) electrons. The summed E-state index contributed by atoms with van der Waals surface area (Å²) in [7, 11) is 0. The molecule has 1 aromatic heterocycles. The lowest BCUT2D eigenvalue weighted by Gasteiger charge is -2.05. The molecule has 3 heteroatoms. The highest BCUT2D eigenvalue weighted by molar-refractivity contribution is 5.84. The minimum absolute atomic E-state index is 0.201. The first-order valence-electron chi connectivity index (χ1n) is 6.79. The summed E-state index contributed by atoms with van der Waals surface area (Å²) in [5.41, 5.74) is 9.04. The first-order valence-corrected chi connectivity index (χ1v) is 6.79. The molecule has 0 amide bonds. The van der Waals surface area contributed by atoms with Gasteiger partial charge in [0.15, 0.2) is 0 Å². The molecule has 0 bridgehead atoms. The maximum Gasteiger partial charge on any atom is 0.123 e. The molecule has 0 fully saturated rings. The van der Waals surface area contributed by atoms with Gasteiger partial charge in [-0.3, -0.25) is 0 Å². The van der Waals surface area contributed by atoms with Crippen molar-refractivity contribution in [2.45, 2.75) is 13.0 Å². The van der Waals surface area contributed by atoms with Crippen LogP contribution >= 0.6 is 0 Å². The Hall–Kier alpha value is -2.13. The van der Waals surface area contributed by atoms with E-state index in [1.54, 1.807) is 6.07 Å². The Balaban J connectivity index is 2.06. The topological polar surface area (TPSA) is 30.9 Å². The molecule has 0 aliphatic heterocycles. The Morgan fingerprint density at radius 3 is 2.60 bits per heavy atom. The average molecular weight is 268 g/mol. The zero-order valence-corrected chi connectivity index (χ0v) is 11.2. The Bertz CT molecular complexity index is 716. The zero-order chi connectivity index (χ0) is 13.9. The van der Waals surface area contributed by atoms with Gasteiger partial charge in [0.2, 0.25) is 0 Å². The highest BCUT2D eigenvalue weighted by atomic mass is 19.1.